The van der Waals surface area contributed by atoms with Gasteiger partial charge >= 0.3 is 0 Å². The summed E-state index contributed by atoms with van der Waals surface area (Å²) in [5.41, 5.74) is 12.9. The van der Waals surface area contributed by atoms with Crippen LogP contribution in [0.1, 0.15) is 22.3 Å². The standard InChI is InChI=1S/C52H32N2S/c1-2-15-33(16-3-1)52(44-24-9-4-17-35(44)36-18-5-10-25-45(36)52)34-29-30-39-38-20-7-12-27-47(38)54(48(39)31-34)50-32-43(37-19-6-11-26-46(37)53-50)42-23-14-22-41-40-21-8-13-28-49(40)55-51(41)42/h1-32H. The van der Waals surface area contributed by atoms with E-state index in [1.54, 1.807) is 0 Å². The Balaban J connectivity index is 1.18. The number of nitrogens with zero attached hydrogens (tertiary/aromatic N) is 2. The van der Waals surface area contributed by atoms with E-state index in [-0.39, 0.29) is 0 Å². The number of rotatable bonds is 4. The Morgan fingerprint density at radius 1 is 0.400 bits per heavy atom. The smallest absolute Gasteiger partial charge is 0.138 e. The molecule has 0 amide bonds. The summed E-state index contributed by atoms with van der Waals surface area (Å²) in [6.07, 6.45) is 0. The molecule has 0 unspecified atom stereocenters. The maximum absolute atomic E-state index is 5.47. The molecule has 0 fully saturated rings. The van der Waals surface area contributed by atoms with E-state index in [0.717, 1.165) is 27.8 Å². The van der Waals surface area contributed by atoms with Gasteiger partial charge in [0.05, 0.1) is 22.0 Å². The van der Waals surface area contributed by atoms with Crippen molar-refractivity contribution in [3.05, 3.63) is 216 Å². The molecule has 8 aromatic carbocycles. The molecule has 0 bridgehead atoms. The van der Waals surface area contributed by atoms with Gasteiger partial charge < -0.3 is 0 Å². The number of pyridine rings is 1. The van der Waals surface area contributed by atoms with Crippen molar-refractivity contribution in [2.75, 3.05) is 0 Å². The van der Waals surface area contributed by atoms with Gasteiger partial charge in [-0.3, -0.25) is 4.57 Å². The molecule has 0 saturated carbocycles. The first-order chi connectivity index (χ1) is 27.3. The van der Waals surface area contributed by atoms with E-state index in [2.05, 4.69) is 199 Å². The van der Waals surface area contributed by atoms with Crippen LogP contribution in [0.25, 0.3) is 81.0 Å². The fourth-order valence-corrected chi connectivity index (χ4v) is 10.9. The Kier molecular flexibility index (Phi) is 6.46. The van der Waals surface area contributed by atoms with E-state index in [9.17, 15) is 0 Å². The molecule has 11 aromatic rings. The molecular weight excluding hydrogens is 685 g/mol. The van der Waals surface area contributed by atoms with Crippen LogP contribution in [0.5, 0.6) is 0 Å². The Hall–Kier alpha value is -6.81. The highest BCUT2D eigenvalue weighted by atomic mass is 32.1. The molecule has 1 aliphatic carbocycles. The number of para-hydroxylation sites is 2. The number of benzene rings is 8. The summed E-state index contributed by atoms with van der Waals surface area (Å²) in [5.74, 6) is 0.913. The predicted octanol–water partition coefficient (Wildman–Crippen LogP) is 13.7. The van der Waals surface area contributed by atoms with Crippen LogP contribution in [-0.4, -0.2) is 9.55 Å². The molecule has 1 aliphatic rings. The first kappa shape index (κ1) is 30.6. The van der Waals surface area contributed by atoms with Crippen LogP contribution in [0, 0.1) is 0 Å². The molecule has 12 rings (SSSR count). The van der Waals surface area contributed by atoms with Crippen LogP contribution in [0.2, 0.25) is 0 Å². The molecule has 0 radical (unpaired) electrons. The Morgan fingerprint density at radius 2 is 1.02 bits per heavy atom. The van der Waals surface area contributed by atoms with Crippen molar-refractivity contribution in [2.24, 2.45) is 0 Å². The van der Waals surface area contributed by atoms with E-state index in [1.165, 1.54) is 75.5 Å². The second-order valence-corrected chi connectivity index (χ2v) is 15.7. The number of aromatic nitrogens is 2. The predicted molar refractivity (Wildman–Crippen MR) is 232 cm³/mol. The third kappa shape index (κ3) is 4.22. The first-order valence-electron chi connectivity index (χ1n) is 18.9. The molecule has 0 saturated heterocycles. The molecule has 0 aliphatic heterocycles. The van der Waals surface area contributed by atoms with Gasteiger partial charge in [0.25, 0.3) is 0 Å². The van der Waals surface area contributed by atoms with Crippen molar-refractivity contribution < 1.29 is 0 Å². The van der Waals surface area contributed by atoms with E-state index in [4.69, 9.17) is 4.98 Å². The third-order valence-electron chi connectivity index (χ3n) is 11.9. The Bertz CT molecular complexity index is 3290. The van der Waals surface area contributed by atoms with Crippen molar-refractivity contribution in [2.45, 2.75) is 5.41 Å². The Morgan fingerprint density at radius 3 is 1.84 bits per heavy atom. The zero-order valence-corrected chi connectivity index (χ0v) is 30.6. The topological polar surface area (TPSA) is 17.8 Å². The van der Waals surface area contributed by atoms with Crippen molar-refractivity contribution >= 4 is 64.2 Å². The molecule has 0 spiro atoms. The molecule has 3 heterocycles. The maximum Gasteiger partial charge on any atom is 0.138 e. The zero-order chi connectivity index (χ0) is 36.1. The van der Waals surface area contributed by atoms with Crippen molar-refractivity contribution in [3.8, 4) is 28.1 Å². The minimum atomic E-state index is -0.497. The normalized spacial score (nSPS) is 13.2. The van der Waals surface area contributed by atoms with Gasteiger partial charge in [0.1, 0.15) is 5.82 Å². The van der Waals surface area contributed by atoms with Gasteiger partial charge in [-0.1, -0.05) is 164 Å². The van der Waals surface area contributed by atoms with Gasteiger partial charge in [0.2, 0.25) is 0 Å². The van der Waals surface area contributed by atoms with Crippen LogP contribution < -0.4 is 0 Å². The summed E-state index contributed by atoms with van der Waals surface area (Å²) < 4.78 is 5.01. The SMILES string of the molecule is c1ccc(C2(c3ccc4c5ccccc5n(-c5cc(-c6cccc7c6sc6ccccc67)c6ccccc6n5)c4c3)c3ccccc3-c3ccccc32)cc1. The molecule has 256 valence electrons. The monoisotopic (exact) mass is 716 g/mol. The second kappa shape index (κ2) is 11.6. The molecule has 0 atom stereocenters. The van der Waals surface area contributed by atoms with Gasteiger partial charge in [0.15, 0.2) is 0 Å². The van der Waals surface area contributed by atoms with Gasteiger partial charge in [-0.05, 0) is 69.3 Å². The fourth-order valence-electron chi connectivity index (χ4n) is 9.62. The number of thiophene rings is 1. The van der Waals surface area contributed by atoms with Crippen molar-refractivity contribution in [3.63, 3.8) is 0 Å². The highest BCUT2D eigenvalue weighted by Crippen LogP contribution is 2.56. The molecule has 2 nitrogen and oxygen atoms in total. The van der Waals surface area contributed by atoms with E-state index in [1.807, 2.05) is 11.3 Å². The average molecular weight is 717 g/mol. The van der Waals surface area contributed by atoms with Crippen molar-refractivity contribution in [1.82, 2.24) is 9.55 Å². The minimum absolute atomic E-state index is 0.497. The van der Waals surface area contributed by atoms with Crippen LogP contribution in [0.4, 0.5) is 0 Å². The quantitative estimate of drug-likeness (QED) is 0.177. The Labute approximate surface area is 322 Å². The summed E-state index contributed by atoms with van der Waals surface area (Å²) in [6, 6.07) is 71.4. The highest BCUT2D eigenvalue weighted by molar-refractivity contribution is 7.26. The molecular formula is C52H32N2S. The van der Waals surface area contributed by atoms with E-state index >= 15 is 0 Å². The second-order valence-electron chi connectivity index (χ2n) is 14.6. The van der Waals surface area contributed by atoms with E-state index < -0.39 is 5.41 Å². The third-order valence-corrected chi connectivity index (χ3v) is 13.1. The van der Waals surface area contributed by atoms with Gasteiger partial charge in [-0.25, -0.2) is 4.98 Å². The average Bonchev–Trinajstić information content (AvgIpc) is 3.90. The summed E-state index contributed by atoms with van der Waals surface area (Å²) >= 11 is 1.88. The molecule has 55 heavy (non-hydrogen) atoms. The lowest BCUT2D eigenvalue weighted by Gasteiger charge is -2.34. The molecule has 0 N–H and O–H groups in total. The summed E-state index contributed by atoms with van der Waals surface area (Å²) in [4.78, 5) is 5.47. The molecule has 3 heteroatoms. The largest absolute Gasteiger partial charge is 0.294 e. The number of hydrogen-bond donors (Lipinski definition) is 0. The lowest BCUT2D eigenvalue weighted by molar-refractivity contribution is 0.769. The van der Waals surface area contributed by atoms with Crippen LogP contribution in [0.3, 0.4) is 0 Å². The van der Waals surface area contributed by atoms with Crippen LogP contribution >= 0.6 is 11.3 Å². The summed E-state index contributed by atoms with van der Waals surface area (Å²) in [7, 11) is 0. The fraction of sp³-hybridized carbons (Fsp3) is 0.0192. The molecule has 3 aromatic heterocycles. The lowest BCUT2D eigenvalue weighted by atomic mass is 9.67. The maximum atomic E-state index is 5.47. The van der Waals surface area contributed by atoms with E-state index in [0.29, 0.717) is 0 Å². The number of hydrogen-bond acceptors (Lipinski definition) is 2. The zero-order valence-electron chi connectivity index (χ0n) is 29.8. The van der Waals surface area contributed by atoms with Crippen LogP contribution in [-0.2, 0) is 5.41 Å². The highest BCUT2D eigenvalue weighted by Gasteiger charge is 2.46. The van der Waals surface area contributed by atoms with Crippen molar-refractivity contribution in [1.29, 1.82) is 0 Å². The first-order valence-corrected chi connectivity index (χ1v) is 19.7. The number of fused-ring (bicyclic) bond motifs is 10. The van der Waals surface area contributed by atoms with Crippen LogP contribution in [0.15, 0.2) is 194 Å². The van der Waals surface area contributed by atoms with Gasteiger partial charge in [-0.15, -0.1) is 11.3 Å². The van der Waals surface area contributed by atoms with Gasteiger partial charge in [0, 0.05) is 41.9 Å². The van der Waals surface area contributed by atoms with Gasteiger partial charge in [-0.2, -0.15) is 0 Å². The lowest BCUT2D eigenvalue weighted by Crippen LogP contribution is -2.28. The summed E-state index contributed by atoms with van der Waals surface area (Å²) in [5, 5.41) is 6.18. The minimum Gasteiger partial charge on any atom is -0.294 e. The summed E-state index contributed by atoms with van der Waals surface area (Å²) in [6.45, 7) is 0.